The van der Waals surface area contributed by atoms with Gasteiger partial charge in [-0.05, 0) is 48.8 Å². The van der Waals surface area contributed by atoms with Crippen molar-refractivity contribution in [1.82, 2.24) is 19.3 Å². The molecule has 0 spiro atoms. The van der Waals surface area contributed by atoms with Gasteiger partial charge in [-0.15, -0.1) is 0 Å². The Morgan fingerprint density at radius 2 is 2.10 bits per heavy atom. The molecule has 31 heavy (non-hydrogen) atoms. The number of carbonyl (C=O) groups is 1. The SMILES string of the molecule is Cc1nsc(Cc2cc(C#N)ccn2)c1C(=O)Nc1ccc(Oc2cccnc2)nc1. The fourth-order valence-electron chi connectivity index (χ4n) is 2.87. The van der Waals surface area contributed by atoms with Crippen LogP contribution in [0.4, 0.5) is 5.69 Å². The number of nitriles is 1. The first kappa shape index (κ1) is 20.1. The molecule has 0 atom stereocenters. The Bertz CT molecular complexity index is 1250. The van der Waals surface area contributed by atoms with Gasteiger partial charge in [0, 0.05) is 35.5 Å². The molecule has 4 aromatic rings. The zero-order valence-corrected chi connectivity index (χ0v) is 17.3. The second kappa shape index (κ2) is 9.11. The predicted octanol–water partition coefficient (Wildman–Crippen LogP) is 4.14. The summed E-state index contributed by atoms with van der Waals surface area (Å²) in [4.78, 5) is 26.2. The van der Waals surface area contributed by atoms with Crippen molar-refractivity contribution in [2.75, 3.05) is 5.32 Å². The van der Waals surface area contributed by atoms with E-state index in [-0.39, 0.29) is 5.91 Å². The lowest BCUT2D eigenvalue weighted by Crippen LogP contribution is -2.14. The standard InChI is InChI=1S/C22H16N6O2S/c1-14-21(19(31-28-14)10-17-9-15(11-23)6-8-25-17)22(29)27-16-4-5-20(26-12-16)30-18-3-2-7-24-13-18/h2-9,12-13H,10H2,1H3,(H,27,29). The minimum absolute atomic E-state index is 0.277. The first-order chi connectivity index (χ1) is 15.1. The molecule has 0 saturated carbocycles. The smallest absolute Gasteiger partial charge is 0.258 e. The van der Waals surface area contributed by atoms with E-state index in [1.165, 1.54) is 17.7 Å². The summed E-state index contributed by atoms with van der Waals surface area (Å²) in [6.45, 7) is 1.79. The third-order valence-corrected chi connectivity index (χ3v) is 5.23. The van der Waals surface area contributed by atoms with Gasteiger partial charge in [0.25, 0.3) is 5.91 Å². The lowest BCUT2D eigenvalue weighted by Gasteiger charge is -2.08. The van der Waals surface area contributed by atoms with Crippen molar-refractivity contribution >= 4 is 23.1 Å². The van der Waals surface area contributed by atoms with Gasteiger partial charge < -0.3 is 10.1 Å². The summed E-state index contributed by atoms with van der Waals surface area (Å²) < 4.78 is 9.94. The minimum Gasteiger partial charge on any atom is -0.437 e. The monoisotopic (exact) mass is 428 g/mol. The summed E-state index contributed by atoms with van der Waals surface area (Å²) in [6.07, 6.45) is 6.77. The number of aryl methyl sites for hydroxylation is 1. The molecule has 4 rings (SSSR count). The average molecular weight is 428 g/mol. The lowest BCUT2D eigenvalue weighted by atomic mass is 10.1. The molecule has 0 aliphatic heterocycles. The predicted molar refractivity (Wildman–Crippen MR) is 115 cm³/mol. The number of hydrogen-bond acceptors (Lipinski definition) is 8. The van der Waals surface area contributed by atoms with Gasteiger partial charge in [0.15, 0.2) is 0 Å². The molecule has 0 bridgehead atoms. The molecule has 0 aromatic carbocycles. The fourth-order valence-corrected chi connectivity index (χ4v) is 3.76. The maximum atomic E-state index is 12.9. The molecule has 9 heteroatoms. The number of hydrogen-bond donors (Lipinski definition) is 1. The Morgan fingerprint density at radius 3 is 2.84 bits per heavy atom. The van der Waals surface area contributed by atoms with Crippen molar-refractivity contribution in [1.29, 1.82) is 5.26 Å². The molecule has 8 nitrogen and oxygen atoms in total. The number of rotatable bonds is 6. The van der Waals surface area contributed by atoms with Crippen LogP contribution >= 0.6 is 11.5 Å². The summed E-state index contributed by atoms with van der Waals surface area (Å²) in [5, 5.41) is 11.9. The number of nitrogens with zero attached hydrogens (tertiary/aromatic N) is 5. The number of pyridine rings is 3. The number of carbonyl (C=O) groups excluding carboxylic acids is 1. The van der Waals surface area contributed by atoms with Crippen LogP contribution in [0, 0.1) is 18.3 Å². The van der Waals surface area contributed by atoms with Crippen molar-refractivity contribution in [2.45, 2.75) is 13.3 Å². The largest absolute Gasteiger partial charge is 0.437 e. The van der Waals surface area contributed by atoms with Gasteiger partial charge in [0.05, 0.1) is 41.0 Å². The summed E-state index contributed by atoms with van der Waals surface area (Å²) in [5.74, 6) is 0.689. The van der Waals surface area contributed by atoms with Crippen molar-refractivity contribution in [3.63, 3.8) is 0 Å². The van der Waals surface area contributed by atoms with E-state index in [9.17, 15) is 4.79 Å². The van der Waals surface area contributed by atoms with Crippen LogP contribution in [0.15, 0.2) is 61.2 Å². The molecular weight excluding hydrogens is 412 g/mol. The molecule has 4 heterocycles. The molecule has 0 unspecified atom stereocenters. The topological polar surface area (TPSA) is 114 Å². The van der Waals surface area contributed by atoms with Crippen LogP contribution < -0.4 is 10.1 Å². The number of anilines is 1. The Balaban J connectivity index is 1.47. The molecular formula is C22H16N6O2S. The fraction of sp³-hybridized carbons (Fsp3) is 0.0909. The number of amides is 1. The lowest BCUT2D eigenvalue weighted by molar-refractivity contribution is 0.102. The third-order valence-electron chi connectivity index (χ3n) is 4.30. The molecule has 0 aliphatic rings. The van der Waals surface area contributed by atoms with E-state index in [4.69, 9.17) is 10.00 Å². The van der Waals surface area contributed by atoms with E-state index < -0.39 is 0 Å². The molecule has 0 aliphatic carbocycles. The zero-order valence-electron chi connectivity index (χ0n) is 16.4. The molecule has 152 valence electrons. The maximum absolute atomic E-state index is 12.9. The highest BCUT2D eigenvalue weighted by Gasteiger charge is 2.19. The number of ether oxygens (including phenoxy) is 1. The molecule has 1 N–H and O–H groups in total. The van der Waals surface area contributed by atoms with Crippen molar-refractivity contribution in [3.8, 4) is 17.7 Å². The summed E-state index contributed by atoms with van der Waals surface area (Å²) in [5.41, 5.74) is 2.90. The Morgan fingerprint density at radius 1 is 1.19 bits per heavy atom. The second-order valence-electron chi connectivity index (χ2n) is 6.52. The summed E-state index contributed by atoms with van der Waals surface area (Å²) in [7, 11) is 0. The van der Waals surface area contributed by atoms with Crippen molar-refractivity contribution < 1.29 is 9.53 Å². The molecule has 1 amide bonds. The molecule has 0 saturated heterocycles. The van der Waals surface area contributed by atoms with Crippen LogP contribution in [0.25, 0.3) is 0 Å². The van der Waals surface area contributed by atoms with Gasteiger partial charge in [0.1, 0.15) is 5.75 Å². The molecule has 0 fully saturated rings. The van der Waals surface area contributed by atoms with Crippen LogP contribution in [0.1, 0.15) is 32.2 Å². The highest BCUT2D eigenvalue weighted by molar-refractivity contribution is 7.06. The van der Waals surface area contributed by atoms with Gasteiger partial charge in [0.2, 0.25) is 5.88 Å². The highest BCUT2D eigenvalue weighted by atomic mass is 32.1. The third kappa shape index (κ3) is 4.88. The van der Waals surface area contributed by atoms with E-state index in [0.29, 0.717) is 46.3 Å². The Labute approximate surface area is 182 Å². The van der Waals surface area contributed by atoms with Crippen LogP contribution in [0.5, 0.6) is 11.6 Å². The molecule has 0 radical (unpaired) electrons. The number of nitrogens with one attached hydrogen (secondary N) is 1. The van der Waals surface area contributed by atoms with Gasteiger partial charge in [-0.2, -0.15) is 9.64 Å². The van der Waals surface area contributed by atoms with Gasteiger partial charge in [-0.25, -0.2) is 4.98 Å². The summed E-state index contributed by atoms with van der Waals surface area (Å²) in [6, 6.07) is 12.4. The first-order valence-corrected chi connectivity index (χ1v) is 10.0. The van der Waals surface area contributed by atoms with Gasteiger partial charge in [-0.3, -0.25) is 14.8 Å². The van der Waals surface area contributed by atoms with E-state index in [0.717, 1.165) is 4.88 Å². The minimum atomic E-state index is -0.277. The number of aromatic nitrogens is 4. The zero-order chi connectivity index (χ0) is 21.6. The van der Waals surface area contributed by atoms with E-state index in [1.54, 1.807) is 61.9 Å². The highest BCUT2D eigenvalue weighted by Crippen LogP contribution is 2.24. The van der Waals surface area contributed by atoms with Crippen molar-refractivity contribution in [2.24, 2.45) is 0 Å². The maximum Gasteiger partial charge on any atom is 0.258 e. The van der Waals surface area contributed by atoms with Crippen molar-refractivity contribution in [3.05, 3.63) is 88.6 Å². The van der Waals surface area contributed by atoms with Crippen LogP contribution in [0.2, 0.25) is 0 Å². The van der Waals surface area contributed by atoms with Crippen LogP contribution in [-0.2, 0) is 6.42 Å². The first-order valence-electron chi connectivity index (χ1n) is 9.28. The Hall–Kier alpha value is -4.16. The summed E-state index contributed by atoms with van der Waals surface area (Å²) >= 11 is 1.25. The second-order valence-corrected chi connectivity index (χ2v) is 7.38. The van der Waals surface area contributed by atoms with E-state index in [1.807, 2.05) is 0 Å². The quantitative estimate of drug-likeness (QED) is 0.491. The van der Waals surface area contributed by atoms with Gasteiger partial charge in [-0.1, -0.05) is 0 Å². The average Bonchev–Trinajstić information content (AvgIpc) is 3.16. The van der Waals surface area contributed by atoms with Crippen LogP contribution in [0.3, 0.4) is 0 Å². The normalized spacial score (nSPS) is 10.3. The molecule has 4 aromatic heterocycles. The van der Waals surface area contributed by atoms with Gasteiger partial charge >= 0.3 is 0 Å². The Kier molecular flexibility index (Phi) is 5.91. The van der Waals surface area contributed by atoms with E-state index >= 15 is 0 Å². The van der Waals surface area contributed by atoms with E-state index in [2.05, 4.69) is 30.7 Å². The van der Waals surface area contributed by atoms with Crippen LogP contribution in [-0.4, -0.2) is 25.2 Å².